The van der Waals surface area contributed by atoms with E-state index in [9.17, 15) is 0 Å². The molecule has 1 N–H and O–H groups in total. The number of hydrogen-bond acceptors (Lipinski definition) is 1. The van der Waals surface area contributed by atoms with E-state index in [1.165, 1.54) is 283 Å². The van der Waals surface area contributed by atoms with Crippen LogP contribution in [0.4, 0.5) is 0 Å². The smallest absolute Gasteiger partial charge is 0.0431 e. The summed E-state index contributed by atoms with van der Waals surface area (Å²) in [6.07, 6.45) is 65.5. The first-order valence-corrected chi connectivity index (χ1v) is 23.5. The first-order valence-electron chi connectivity index (χ1n) is 23.5. The fraction of sp³-hybridized carbons (Fsp3) is 1.00. The number of aliphatic hydroxyl groups excluding tert-OH is 1. The zero-order valence-corrected chi connectivity index (χ0v) is 34.0. The van der Waals surface area contributed by atoms with E-state index in [4.69, 9.17) is 5.11 Å². The van der Waals surface area contributed by atoms with Crippen LogP contribution in [0.2, 0.25) is 0 Å². The number of hydrogen-bond donors (Lipinski definition) is 1. The Kier molecular flexibility index (Phi) is 46.9. The van der Waals surface area contributed by atoms with E-state index in [2.05, 4.69) is 6.92 Å². The normalized spacial score (nSPS) is 11.6. The molecule has 0 radical (unpaired) electrons. The van der Waals surface area contributed by atoms with Gasteiger partial charge in [0.05, 0.1) is 0 Å². The van der Waals surface area contributed by atoms with Gasteiger partial charge in [0, 0.05) is 6.61 Å². The van der Waals surface area contributed by atoms with Crippen molar-refractivity contribution in [1.82, 2.24) is 0 Å². The van der Waals surface area contributed by atoms with E-state index in [0.29, 0.717) is 6.61 Å². The highest BCUT2D eigenvalue weighted by atomic mass is 16.2. The van der Waals surface area contributed by atoms with Gasteiger partial charge in [0.2, 0.25) is 0 Å². The zero-order chi connectivity index (χ0) is 34.5. The fourth-order valence-electron chi connectivity index (χ4n) is 7.79. The van der Waals surface area contributed by atoms with E-state index in [-0.39, 0.29) is 0 Å². The van der Waals surface area contributed by atoms with Crippen LogP contribution in [0.1, 0.15) is 296 Å². The Hall–Kier alpha value is -0.0400. The SMILES string of the molecule is CCCCCCCCCCCCCCCCCCCCCCCCCCCCCCCCCCCCCCCCCCCCCCCO. The second-order valence-electron chi connectivity index (χ2n) is 16.3. The van der Waals surface area contributed by atoms with Gasteiger partial charge in [0.25, 0.3) is 0 Å². The van der Waals surface area contributed by atoms with Crippen LogP contribution < -0.4 is 0 Å². The monoisotopic (exact) mass is 677 g/mol. The molecule has 1 nitrogen and oxygen atoms in total. The van der Waals surface area contributed by atoms with Gasteiger partial charge in [-0.05, 0) is 6.42 Å². The molecule has 48 heavy (non-hydrogen) atoms. The van der Waals surface area contributed by atoms with Crippen LogP contribution in [0.15, 0.2) is 0 Å². The Morgan fingerprint density at radius 2 is 0.271 bits per heavy atom. The predicted molar refractivity (Wildman–Crippen MR) is 221 cm³/mol. The van der Waals surface area contributed by atoms with E-state index >= 15 is 0 Å². The molecule has 0 heterocycles. The lowest BCUT2D eigenvalue weighted by Gasteiger charge is -2.05. The molecule has 0 aliphatic carbocycles. The molecule has 0 atom stereocenters. The summed E-state index contributed by atoms with van der Waals surface area (Å²) in [5.41, 5.74) is 0. The van der Waals surface area contributed by atoms with Crippen molar-refractivity contribution in [3.8, 4) is 0 Å². The number of rotatable bonds is 45. The topological polar surface area (TPSA) is 20.2 Å². The van der Waals surface area contributed by atoms with Gasteiger partial charge in [-0.3, -0.25) is 0 Å². The average Bonchev–Trinajstić information content (AvgIpc) is 3.10. The van der Waals surface area contributed by atoms with E-state index in [1.54, 1.807) is 0 Å². The van der Waals surface area contributed by atoms with Gasteiger partial charge in [-0.2, -0.15) is 0 Å². The van der Waals surface area contributed by atoms with Crippen LogP contribution in [0.25, 0.3) is 0 Å². The summed E-state index contributed by atoms with van der Waals surface area (Å²) in [6, 6.07) is 0. The van der Waals surface area contributed by atoms with Crippen LogP contribution in [0.5, 0.6) is 0 Å². The van der Waals surface area contributed by atoms with Crippen molar-refractivity contribution in [2.24, 2.45) is 0 Å². The van der Waals surface area contributed by atoms with Crippen molar-refractivity contribution >= 4 is 0 Å². The van der Waals surface area contributed by atoms with Gasteiger partial charge in [-0.25, -0.2) is 0 Å². The third-order valence-electron chi connectivity index (χ3n) is 11.3. The second kappa shape index (κ2) is 47.0. The lowest BCUT2D eigenvalue weighted by Crippen LogP contribution is -1.85. The minimum Gasteiger partial charge on any atom is -0.396 e. The fourth-order valence-corrected chi connectivity index (χ4v) is 7.79. The molecule has 290 valence electrons. The molecular weight excluding hydrogens is 581 g/mol. The maximum Gasteiger partial charge on any atom is 0.0431 e. The van der Waals surface area contributed by atoms with Gasteiger partial charge >= 0.3 is 0 Å². The second-order valence-corrected chi connectivity index (χ2v) is 16.3. The first kappa shape index (κ1) is 48.0. The number of aliphatic hydroxyl groups is 1. The largest absolute Gasteiger partial charge is 0.396 e. The molecule has 0 aliphatic rings. The molecule has 0 saturated heterocycles. The predicted octanol–water partition coefficient (Wildman–Crippen LogP) is 17.6. The van der Waals surface area contributed by atoms with Crippen LogP contribution in [0.3, 0.4) is 0 Å². The molecule has 0 aliphatic heterocycles. The quantitative estimate of drug-likeness (QED) is 0.0636. The van der Waals surface area contributed by atoms with Gasteiger partial charge in [-0.1, -0.05) is 289 Å². The van der Waals surface area contributed by atoms with Gasteiger partial charge in [-0.15, -0.1) is 0 Å². The first-order chi connectivity index (χ1) is 23.9. The molecular formula is C47H96O. The van der Waals surface area contributed by atoms with E-state index < -0.39 is 0 Å². The summed E-state index contributed by atoms with van der Waals surface area (Å²) >= 11 is 0. The highest BCUT2D eigenvalue weighted by Gasteiger charge is 1.98. The molecule has 0 amide bonds. The Morgan fingerprint density at radius 1 is 0.167 bits per heavy atom. The van der Waals surface area contributed by atoms with Crippen molar-refractivity contribution < 1.29 is 5.11 Å². The summed E-state index contributed by atoms with van der Waals surface area (Å²) in [7, 11) is 0. The molecule has 0 aromatic carbocycles. The summed E-state index contributed by atoms with van der Waals surface area (Å²) in [5, 5.41) is 8.81. The van der Waals surface area contributed by atoms with E-state index in [0.717, 1.165) is 6.42 Å². The Morgan fingerprint density at radius 3 is 0.375 bits per heavy atom. The molecule has 1 heteroatoms. The Bertz CT molecular complexity index is 469. The standard InChI is InChI=1S/C47H96O/c1-2-3-4-5-6-7-8-9-10-11-12-13-14-15-16-17-18-19-20-21-22-23-24-25-26-27-28-29-30-31-32-33-34-35-36-37-38-39-40-41-42-43-44-45-46-47-48/h48H,2-47H2,1H3. The molecule has 0 aromatic heterocycles. The third kappa shape index (κ3) is 46.0. The van der Waals surface area contributed by atoms with Crippen LogP contribution in [-0.2, 0) is 0 Å². The number of unbranched alkanes of at least 4 members (excludes halogenated alkanes) is 44. The van der Waals surface area contributed by atoms with Crippen molar-refractivity contribution in [1.29, 1.82) is 0 Å². The summed E-state index contributed by atoms with van der Waals surface area (Å²) < 4.78 is 0. The van der Waals surface area contributed by atoms with Crippen molar-refractivity contribution in [2.75, 3.05) is 6.61 Å². The molecule has 0 fully saturated rings. The highest BCUT2D eigenvalue weighted by Crippen LogP contribution is 2.18. The van der Waals surface area contributed by atoms with Crippen LogP contribution >= 0.6 is 0 Å². The molecule has 0 rings (SSSR count). The summed E-state index contributed by atoms with van der Waals surface area (Å²) in [5.74, 6) is 0. The minimum absolute atomic E-state index is 0.375. The lowest BCUT2D eigenvalue weighted by molar-refractivity contribution is 0.282. The Balaban J connectivity index is 3.04. The van der Waals surface area contributed by atoms with Crippen molar-refractivity contribution in [3.05, 3.63) is 0 Å². The van der Waals surface area contributed by atoms with Gasteiger partial charge < -0.3 is 5.11 Å². The van der Waals surface area contributed by atoms with E-state index in [1.807, 2.05) is 0 Å². The third-order valence-corrected chi connectivity index (χ3v) is 11.3. The molecule has 0 spiro atoms. The van der Waals surface area contributed by atoms with Crippen LogP contribution in [0, 0.1) is 0 Å². The molecule has 0 bridgehead atoms. The molecule has 0 aromatic rings. The summed E-state index contributed by atoms with van der Waals surface area (Å²) in [6.45, 7) is 2.68. The molecule has 0 unspecified atom stereocenters. The van der Waals surface area contributed by atoms with Gasteiger partial charge in [0.1, 0.15) is 0 Å². The van der Waals surface area contributed by atoms with Gasteiger partial charge in [0.15, 0.2) is 0 Å². The van der Waals surface area contributed by atoms with Crippen molar-refractivity contribution in [3.63, 3.8) is 0 Å². The molecule has 0 saturated carbocycles. The summed E-state index contributed by atoms with van der Waals surface area (Å²) in [4.78, 5) is 0. The average molecular weight is 677 g/mol. The van der Waals surface area contributed by atoms with Crippen molar-refractivity contribution in [2.45, 2.75) is 296 Å². The highest BCUT2D eigenvalue weighted by molar-refractivity contribution is 4.54. The Labute approximate surface area is 306 Å². The zero-order valence-electron chi connectivity index (χ0n) is 34.0. The lowest BCUT2D eigenvalue weighted by atomic mass is 10.0. The maximum atomic E-state index is 8.81. The minimum atomic E-state index is 0.375. The maximum absolute atomic E-state index is 8.81. The van der Waals surface area contributed by atoms with Crippen LogP contribution in [-0.4, -0.2) is 11.7 Å².